The highest BCUT2D eigenvalue weighted by molar-refractivity contribution is 6.30. The van der Waals surface area contributed by atoms with Crippen molar-refractivity contribution < 1.29 is 14.7 Å². The predicted molar refractivity (Wildman–Crippen MR) is 122 cm³/mol. The molecule has 2 aromatic rings. The van der Waals surface area contributed by atoms with Crippen molar-refractivity contribution in [3.05, 3.63) is 69.7 Å². The van der Waals surface area contributed by atoms with Crippen molar-refractivity contribution in [2.45, 2.75) is 50.5 Å². The minimum absolute atomic E-state index is 0.0386. The first kappa shape index (κ1) is 22.2. The number of carbonyl (C=O) groups excluding carboxylic acids is 1. The third kappa shape index (κ3) is 5.07. The molecule has 1 saturated carbocycles. The molecule has 4 nitrogen and oxygen atoms in total. The number of benzene rings is 2. The van der Waals surface area contributed by atoms with E-state index in [0.717, 1.165) is 24.0 Å². The monoisotopic (exact) mass is 459 g/mol. The van der Waals surface area contributed by atoms with Crippen molar-refractivity contribution in [2.24, 2.45) is 11.8 Å². The zero-order chi connectivity index (χ0) is 22.0. The number of amides is 1. The largest absolute Gasteiger partial charge is 0.481 e. The SMILES string of the molecule is O=C(O)CC1CC(c2cccc(Cl)c2)C(c2ccc(Cl)cc2)N(CC2CCCC2)C1=O. The van der Waals surface area contributed by atoms with Crippen LogP contribution in [0.25, 0.3) is 0 Å². The van der Waals surface area contributed by atoms with E-state index >= 15 is 0 Å². The van der Waals surface area contributed by atoms with E-state index in [2.05, 4.69) is 0 Å². The summed E-state index contributed by atoms with van der Waals surface area (Å²) in [5.41, 5.74) is 2.06. The van der Waals surface area contributed by atoms with Gasteiger partial charge in [0.1, 0.15) is 0 Å². The highest BCUT2D eigenvalue weighted by Gasteiger charge is 2.44. The van der Waals surface area contributed by atoms with Gasteiger partial charge in [-0.05, 0) is 60.6 Å². The maximum Gasteiger partial charge on any atom is 0.304 e. The van der Waals surface area contributed by atoms with E-state index in [1.807, 2.05) is 53.4 Å². The molecule has 0 radical (unpaired) electrons. The number of aliphatic carboxylic acids is 1. The summed E-state index contributed by atoms with van der Waals surface area (Å²) in [6, 6.07) is 15.2. The van der Waals surface area contributed by atoms with Gasteiger partial charge in [0.25, 0.3) is 0 Å². The van der Waals surface area contributed by atoms with Gasteiger partial charge < -0.3 is 10.0 Å². The Morgan fingerprint density at radius 3 is 2.35 bits per heavy atom. The number of piperidine rings is 1. The summed E-state index contributed by atoms with van der Waals surface area (Å²) in [6.07, 6.45) is 4.94. The Hall–Kier alpha value is -2.04. The van der Waals surface area contributed by atoms with Gasteiger partial charge >= 0.3 is 5.97 Å². The molecule has 31 heavy (non-hydrogen) atoms. The summed E-state index contributed by atoms with van der Waals surface area (Å²) in [4.78, 5) is 27.1. The van der Waals surface area contributed by atoms with E-state index in [1.165, 1.54) is 12.8 Å². The first-order valence-corrected chi connectivity index (χ1v) is 11.7. The fourth-order valence-electron chi connectivity index (χ4n) is 5.31. The van der Waals surface area contributed by atoms with Gasteiger partial charge in [-0.1, -0.05) is 60.3 Å². The van der Waals surface area contributed by atoms with Gasteiger partial charge in [-0.3, -0.25) is 9.59 Å². The van der Waals surface area contributed by atoms with E-state index in [4.69, 9.17) is 23.2 Å². The first-order chi connectivity index (χ1) is 14.9. The maximum absolute atomic E-state index is 13.6. The molecular formula is C25H27Cl2NO3. The third-order valence-corrected chi connectivity index (χ3v) is 7.21. The summed E-state index contributed by atoms with van der Waals surface area (Å²) in [5, 5.41) is 10.8. The lowest BCUT2D eigenvalue weighted by atomic mass is 9.74. The molecule has 4 rings (SSSR count). The minimum Gasteiger partial charge on any atom is -0.481 e. The number of rotatable bonds is 6. The molecule has 3 unspecified atom stereocenters. The van der Waals surface area contributed by atoms with Gasteiger partial charge in [-0.25, -0.2) is 0 Å². The van der Waals surface area contributed by atoms with Gasteiger partial charge in [-0.15, -0.1) is 0 Å². The highest BCUT2D eigenvalue weighted by Crippen LogP contribution is 2.47. The van der Waals surface area contributed by atoms with Crippen LogP contribution in [0.2, 0.25) is 10.0 Å². The van der Waals surface area contributed by atoms with Crippen LogP contribution in [0.5, 0.6) is 0 Å². The second-order valence-corrected chi connectivity index (χ2v) is 9.70. The number of hydrogen-bond donors (Lipinski definition) is 1. The van der Waals surface area contributed by atoms with E-state index in [-0.39, 0.29) is 24.3 Å². The van der Waals surface area contributed by atoms with Gasteiger partial charge in [-0.2, -0.15) is 0 Å². The van der Waals surface area contributed by atoms with Gasteiger partial charge in [0.2, 0.25) is 5.91 Å². The molecule has 0 aromatic heterocycles. The van der Waals surface area contributed by atoms with Crippen molar-refractivity contribution in [2.75, 3.05) is 6.54 Å². The van der Waals surface area contributed by atoms with Crippen LogP contribution >= 0.6 is 23.2 Å². The van der Waals surface area contributed by atoms with Gasteiger partial charge in [0.15, 0.2) is 0 Å². The number of nitrogens with zero attached hydrogens (tertiary/aromatic N) is 1. The number of carboxylic acid groups (broad SMARTS) is 1. The van der Waals surface area contributed by atoms with Crippen LogP contribution in [0, 0.1) is 11.8 Å². The molecule has 3 atom stereocenters. The Kier molecular flexibility index (Phi) is 6.88. The third-order valence-electron chi connectivity index (χ3n) is 6.73. The molecule has 1 heterocycles. The molecule has 0 spiro atoms. The van der Waals surface area contributed by atoms with Gasteiger partial charge in [0.05, 0.1) is 12.5 Å². The number of halogens is 2. The smallest absolute Gasteiger partial charge is 0.304 e. The Morgan fingerprint density at radius 1 is 1.00 bits per heavy atom. The molecule has 1 amide bonds. The summed E-state index contributed by atoms with van der Waals surface area (Å²) in [6.45, 7) is 0.666. The number of likely N-dealkylation sites (tertiary alicyclic amines) is 1. The number of carboxylic acids is 1. The fourth-order valence-corrected chi connectivity index (χ4v) is 5.63. The van der Waals surface area contributed by atoms with Gasteiger partial charge in [0, 0.05) is 28.4 Å². The van der Waals surface area contributed by atoms with E-state index < -0.39 is 11.9 Å². The molecule has 1 saturated heterocycles. The van der Waals surface area contributed by atoms with Crippen LogP contribution in [-0.4, -0.2) is 28.4 Å². The normalized spacial score (nSPS) is 24.5. The fraction of sp³-hybridized carbons (Fsp3) is 0.440. The first-order valence-electron chi connectivity index (χ1n) is 11.0. The van der Waals surface area contributed by atoms with Crippen LogP contribution in [0.4, 0.5) is 0 Å². The Labute approximate surface area is 193 Å². The van der Waals surface area contributed by atoms with Crippen LogP contribution in [0.1, 0.15) is 61.6 Å². The maximum atomic E-state index is 13.6. The van der Waals surface area contributed by atoms with Crippen molar-refractivity contribution in [1.29, 1.82) is 0 Å². The van der Waals surface area contributed by atoms with Crippen LogP contribution in [0.3, 0.4) is 0 Å². The molecule has 1 aliphatic heterocycles. The topological polar surface area (TPSA) is 57.6 Å². The Morgan fingerprint density at radius 2 is 1.71 bits per heavy atom. The van der Waals surface area contributed by atoms with Crippen molar-refractivity contribution >= 4 is 35.1 Å². The van der Waals surface area contributed by atoms with Crippen molar-refractivity contribution in [3.8, 4) is 0 Å². The summed E-state index contributed by atoms with van der Waals surface area (Å²) in [7, 11) is 0. The molecule has 1 aliphatic carbocycles. The molecule has 6 heteroatoms. The lowest BCUT2D eigenvalue weighted by Gasteiger charge is -2.46. The lowest BCUT2D eigenvalue weighted by Crippen LogP contribution is -2.49. The van der Waals surface area contributed by atoms with Crippen LogP contribution in [-0.2, 0) is 9.59 Å². The second-order valence-electron chi connectivity index (χ2n) is 8.83. The van der Waals surface area contributed by atoms with E-state index in [0.29, 0.717) is 28.9 Å². The van der Waals surface area contributed by atoms with Crippen LogP contribution < -0.4 is 0 Å². The van der Waals surface area contributed by atoms with Crippen molar-refractivity contribution in [1.82, 2.24) is 4.90 Å². The predicted octanol–water partition coefficient (Wildman–Crippen LogP) is 6.33. The molecule has 0 bridgehead atoms. The molecule has 2 aromatic carbocycles. The average molecular weight is 460 g/mol. The number of hydrogen-bond acceptors (Lipinski definition) is 2. The summed E-state index contributed by atoms with van der Waals surface area (Å²) >= 11 is 12.5. The highest BCUT2D eigenvalue weighted by atomic mass is 35.5. The molecule has 1 N–H and O–H groups in total. The lowest BCUT2D eigenvalue weighted by molar-refractivity contribution is -0.150. The molecule has 2 fully saturated rings. The average Bonchev–Trinajstić information content (AvgIpc) is 3.24. The molecule has 164 valence electrons. The summed E-state index contributed by atoms with van der Waals surface area (Å²) in [5.74, 6) is -1.10. The van der Waals surface area contributed by atoms with Crippen LogP contribution in [0.15, 0.2) is 48.5 Å². The quantitative estimate of drug-likeness (QED) is 0.548. The molecule has 2 aliphatic rings. The van der Waals surface area contributed by atoms with Crippen molar-refractivity contribution in [3.63, 3.8) is 0 Å². The zero-order valence-electron chi connectivity index (χ0n) is 17.3. The van der Waals surface area contributed by atoms with E-state index in [1.54, 1.807) is 0 Å². The Balaban J connectivity index is 1.78. The second kappa shape index (κ2) is 9.62. The van der Waals surface area contributed by atoms with E-state index in [9.17, 15) is 14.7 Å². The number of carbonyl (C=O) groups is 2. The standard InChI is InChI=1S/C25H27Cl2NO3/c26-20-10-8-17(9-11-20)24-22(18-6-3-7-21(27)12-18)13-19(14-23(29)30)25(31)28(24)15-16-4-1-2-5-16/h3,6-12,16,19,22,24H,1-2,4-5,13-15H2,(H,29,30). The Bertz CT molecular complexity index is 940. The summed E-state index contributed by atoms with van der Waals surface area (Å²) < 4.78 is 0. The minimum atomic E-state index is -0.936. The zero-order valence-corrected chi connectivity index (χ0v) is 18.9. The molecular weight excluding hydrogens is 433 g/mol.